The number of rotatable bonds is 6. The lowest BCUT2D eigenvalue weighted by Crippen LogP contribution is -2.36. The standard InChI is InChI=1S/C18H16N2O5S/c1-3-13-8-9-15(26-13)14(21)10-19-16(22)17(23)20(18(19)24)11-4-6-12(25-2)7-5-11/h4-9H,3,10H2,1-2H3. The summed E-state index contributed by atoms with van der Waals surface area (Å²) < 4.78 is 5.03. The summed E-state index contributed by atoms with van der Waals surface area (Å²) in [4.78, 5) is 52.3. The van der Waals surface area contributed by atoms with E-state index in [1.165, 1.54) is 30.6 Å². The number of benzene rings is 1. The second kappa shape index (κ2) is 7.09. The number of ketones is 1. The van der Waals surface area contributed by atoms with Gasteiger partial charge in [0.05, 0.1) is 24.2 Å². The minimum absolute atomic E-state index is 0.244. The average Bonchev–Trinajstić information content (AvgIpc) is 3.22. The molecule has 1 aliphatic heterocycles. The van der Waals surface area contributed by atoms with Gasteiger partial charge in [-0.3, -0.25) is 14.4 Å². The van der Waals surface area contributed by atoms with Crippen molar-refractivity contribution in [1.82, 2.24) is 4.90 Å². The van der Waals surface area contributed by atoms with Gasteiger partial charge in [-0.15, -0.1) is 11.3 Å². The van der Waals surface area contributed by atoms with Crippen molar-refractivity contribution in [3.05, 3.63) is 46.2 Å². The van der Waals surface area contributed by atoms with Crippen molar-refractivity contribution >= 4 is 40.7 Å². The highest BCUT2D eigenvalue weighted by atomic mass is 32.1. The number of urea groups is 1. The lowest BCUT2D eigenvalue weighted by molar-refractivity contribution is -0.139. The smallest absolute Gasteiger partial charge is 0.339 e. The van der Waals surface area contributed by atoms with Crippen LogP contribution in [0.3, 0.4) is 0 Å². The highest BCUT2D eigenvalue weighted by Crippen LogP contribution is 2.25. The molecule has 0 radical (unpaired) electrons. The van der Waals surface area contributed by atoms with Crippen LogP contribution >= 0.6 is 11.3 Å². The molecule has 1 fully saturated rings. The molecular formula is C18H16N2O5S. The van der Waals surface area contributed by atoms with Crippen molar-refractivity contribution in [2.45, 2.75) is 13.3 Å². The zero-order valence-corrected chi connectivity index (χ0v) is 15.0. The Morgan fingerprint density at radius 2 is 1.73 bits per heavy atom. The molecule has 1 aromatic heterocycles. The minimum Gasteiger partial charge on any atom is -0.497 e. The van der Waals surface area contributed by atoms with Crippen molar-refractivity contribution in [2.24, 2.45) is 0 Å². The molecule has 0 bridgehead atoms. The van der Waals surface area contributed by atoms with E-state index in [2.05, 4.69) is 0 Å². The largest absolute Gasteiger partial charge is 0.497 e. The summed E-state index contributed by atoms with van der Waals surface area (Å²) in [5.74, 6) is -1.81. The van der Waals surface area contributed by atoms with E-state index in [1.807, 2.05) is 13.0 Å². The van der Waals surface area contributed by atoms with Gasteiger partial charge in [0, 0.05) is 4.88 Å². The van der Waals surface area contributed by atoms with E-state index in [9.17, 15) is 19.2 Å². The molecule has 0 saturated carbocycles. The van der Waals surface area contributed by atoms with Crippen LogP contribution in [0.25, 0.3) is 0 Å². The summed E-state index contributed by atoms with van der Waals surface area (Å²) in [6, 6.07) is 8.82. The Labute approximate surface area is 153 Å². The van der Waals surface area contributed by atoms with Crippen molar-refractivity contribution < 1.29 is 23.9 Å². The van der Waals surface area contributed by atoms with Gasteiger partial charge in [-0.25, -0.2) is 14.6 Å². The second-order valence-electron chi connectivity index (χ2n) is 5.56. The number of amides is 4. The number of imide groups is 2. The summed E-state index contributed by atoms with van der Waals surface area (Å²) >= 11 is 1.32. The summed E-state index contributed by atoms with van der Waals surface area (Å²) in [6.07, 6.45) is 0.795. The number of aryl methyl sites for hydroxylation is 1. The zero-order valence-electron chi connectivity index (χ0n) is 14.2. The van der Waals surface area contributed by atoms with Crippen molar-refractivity contribution in [2.75, 3.05) is 18.6 Å². The maximum absolute atomic E-state index is 12.5. The molecule has 0 N–H and O–H groups in total. The van der Waals surface area contributed by atoms with E-state index in [-0.39, 0.29) is 11.5 Å². The summed E-state index contributed by atoms with van der Waals surface area (Å²) in [7, 11) is 1.49. The van der Waals surface area contributed by atoms with Gasteiger partial charge >= 0.3 is 17.8 Å². The first-order chi connectivity index (χ1) is 12.5. The van der Waals surface area contributed by atoms with Crippen LogP contribution in [-0.4, -0.2) is 42.2 Å². The third-order valence-corrected chi connectivity index (χ3v) is 5.24. The van der Waals surface area contributed by atoms with E-state index < -0.39 is 24.4 Å². The molecule has 8 heteroatoms. The van der Waals surface area contributed by atoms with E-state index in [1.54, 1.807) is 18.2 Å². The van der Waals surface area contributed by atoms with Gasteiger partial charge in [-0.05, 0) is 42.8 Å². The molecule has 134 valence electrons. The van der Waals surface area contributed by atoms with Crippen molar-refractivity contribution in [1.29, 1.82) is 0 Å². The minimum atomic E-state index is -1.01. The fourth-order valence-electron chi connectivity index (χ4n) is 2.54. The molecule has 1 aliphatic rings. The number of Topliss-reactive ketones (excluding diaryl/α,β-unsaturated/α-hetero) is 1. The first-order valence-corrected chi connectivity index (χ1v) is 8.73. The number of ether oxygens (including phenoxy) is 1. The van der Waals surface area contributed by atoms with Gasteiger partial charge in [-0.2, -0.15) is 0 Å². The quantitative estimate of drug-likeness (QED) is 0.442. The highest BCUT2D eigenvalue weighted by molar-refractivity contribution is 7.14. The fourth-order valence-corrected chi connectivity index (χ4v) is 3.42. The lowest BCUT2D eigenvalue weighted by atomic mass is 10.3. The summed E-state index contributed by atoms with van der Waals surface area (Å²) in [5.41, 5.74) is 0.244. The Hall–Kier alpha value is -3.00. The molecule has 0 atom stereocenters. The van der Waals surface area contributed by atoms with Gasteiger partial charge < -0.3 is 4.74 Å². The molecule has 1 aromatic carbocycles. The van der Waals surface area contributed by atoms with E-state index in [0.29, 0.717) is 15.5 Å². The SMILES string of the molecule is CCc1ccc(C(=O)CN2C(=O)C(=O)N(c3ccc(OC)cc3)C2=O)s1. The Bertz CT molecular complexity index is 887. The number of carbonyl (C=O) groups excluding carboxylic acids is 4. The second-order valence-corrected chi connectivity index (χ2v) is 6.72. The number of thiophene rings is 1. The van der Waals surface area contributed by atoms with Crippen LogP contribution in [0.15, 0.2) is 36.4 Å². The first-order valence-electron chi connectivity index (χ1n) is 7.92. The van der Waals surface area contributed by atoms with Crippen LogP contribution in [0.4, 0.5) is 10.5 Å². The number of hydrogen-bond donors (Lipinski definition) is 0. The Balaban J connectivity index is 1.80. The molecule has 2 aromatic rings. The Kier molecular flexibility index (Phi) is 4.85. The number of carbonyl (C=O) groups is 4. The average molecular weight is 372 g/mol. The normalized spacial score (nSPS) is 14.3. The van der Waals surface area contributed by atoms with Crippen LogP contribution < -0.4 is 9.64 Å². The van der Waals surface area contributed by atoms with Crippen LogP contribution in [0.1, 0.15) is 21.5 Å². The van der Waals surface area contributed by atoms with Crippen molar-refractivity contribution in [3.8, 4) is 5.75 Å². The van der Waals surface area contributed by atoms with Gasteiger partial charge in [0.25, 0.3) is 0 Å². The number of anilines is 1. The number of methoxy groups -OCH3 is 1. The Morgan fingerprint density at radius 1 is 1.04 bits per heavy atom. The molecule has 0 spiro atoms. The van der Waals surface area contributed by atoms with E-state index >= 15 is 0 Å². The molecule has 4 amide bonds. The molecule has 26 heavy (non-hydrogen) atoms. The fraction of sp³-hybridized carbons (Fsp3) is 0.222. The van der Waals surface area contributed by atoms with Crippen LogP contribution in [-0.2, 0) is 16.0 Å². The number of hydrogen-bond acceptors (Lipinski definition) is 6. The molecular weight excluding hydrogens is 356 g/mol. The van der Waals surface area contributed by atoms with Gasteiger partial charge in [0.2, 0.25) is 0 Å². The third-order valence-electron chi connectivity index (χ3n) is 3.97. The van der Waals surface area contributed by atoms with Crippen molar-refractivity contribution in [3.63, 3.8) is 0 Å². The summed E-state index contributed by atoms with van der Waals surface area (Å²) in [6.45, 7) is 1.51. The van der Waals surface area contributed by atoms with Crippen LogP contribution in [0.5, 0.6) is 5.75 Å². The Morgan fingerprint density at radius 3 is 2.31 bits per heavy atom. The van der Waals surface area contributed by atoms with Gasteiger partial charge in [0.15, 0.2) is 5.78 Å². The maximum Gasteiger partial charge on any atom is 0.339 e. The molecule has 0 unspecified atom stereocenters. The predicted molar refractivity (Wildman–Crippen MR) is 95.6 cm³/mol. The molecule has 7 nitrogen and oxygen atoms in total. The van der Waals surface area contributed by atoms with Gasteiger partial charge in [0.1, 0.15) is 5.75 Å². The van der Waals surface area contributed by atoms with Crippen LogP contribution in [0, 0.1) is 0 Å². The van der Waals surface area contributed by atoms with Gasteiger partial charge in [-0.1, -0.05) is 6.92 Å². The lowest BCUT2D eigenvalue weighted by Gasteiger charge is -2.15. The number of nitrogens with zero attached hydrogens (tertiary/aromatic N) is 2. The molecule has 3 rings (SSSR count). The highest BCUT2D eigenvalue weighted by Gasteiger charge is 2.46. The maximum atomic E-state index is 12.5. The van der Waals surface area contributed by atoms with Crippen LogP contribution in [0.2, 0.25) is 0 Å². The predicted octanol–water partition coefficient (Wildman–Crippen LogP) is 2.50. The van der Waals surface area contributed by atoms with E-state index in [4.69, 9.17) is 4.74 Å². The molecule has 1 saturated heterocycles. The van der Waals surface area contributed by atoms with E-state index in [0.717, 1.165) is 16.2 Å². The summed E-state index contributed by atoms with van der Waals surface area (Å²) in [5, 5.41) is 0. The molecule has 2 heterocycles. The zero-order chi connectivity index (χ0) is 18.8. The third kappa shape index (κ3) is 3.11. The molecule has 0 aliphatic carbocycles. The topological polar surface area (TPSA) is 84.0 Å². The first kappa shape index (κ1) is 17.8. The monoisotopic (exact) mass is 372 g/mol.